The molecule has 1 saturated heterocycles. The fourth-order valence-corrected chi connectivity index (χ4v) is 3.77. The normalized spacial score (nSPS) is 18.5. The second-order valence-corrected chi connectivity index (χ2v) is 7.57. The van der Waals surface area contributed by atoms with Crippen molar-refractivity contribution < 1.29 is 19.1 Å². The van der Waals surface area contributed by atoms with E-state index in [0.717, 1.165) is 30.4 Å². The van der Waals surface area contributed by atoms with Gasteiger partial charge in [-0.2, -0.15) is 0 Å². The third-order valence-electron chi connectivity index (χ3n) is 5.38. The first kappa shape index (κ1) is 20.8. The van der Waals surface area contributed by atoms with Crippen LogP contribution in [0.4, 0.5) is 4.39 Å². The lowest BCUT2D eigenvalue weighted by molar-refractivity contribution is -0.139. The lowest BCUT2D eigenvalue weighted by Gasteiger charge is -2.25. The van der Waals surface area contributed by atoms with Gasteiger partial charge < -0.3 is 10.0 Å². The summed E-state index contributed by atoms with van der Waals surface area (Å²) in [6.45, 7) is 6.21. The zero-order chi connectivity index (χ0) is 21.1. The number of hydrogen-bond acceptors (Lipinski definition) is 3. The van der Waals surface area contributed by atoms with E-state index >= 15 is 0 Å². The minimum Gasteiger partial charge on any atom is -0.507 e. The van der Waals surface area contributed by atoms with Gasteiger partial charge in [0.25, 0.3) is 11.7 Å². The number of aliphatic hydroxyl groups is 1. The number of nitrogens with zero attached hydrogens (tertiary/aromatic N) is 1. The Hall–Kier alpha value is -2.95. The van der Waals surface area contributed by atoms with Gasteiger partial charge in [0.2, 0.25) is 0 Å². The molecule has 0 radical (unpaired) electrons. The molecule has 1 heterocycles. The molecule has 2 aromatic rings. The van der Waals surface area contributed by atoms with Gasteiger partial charge in [-0.3, -0.25) is 9.59 Å². The second-order valence-electron chi connectivity index (χ2n) is 7.57. The lowest BCUT2D eigenvalue weighted by Crippen LogP contribution is -2.30. The van der Waals surface area contributed by atoms with Gasteiger partial charge in [0, 0.05) is 12.1 Å². The van der Waals surface area contributed by atoms with Crippen molar-refractivity contribution >= 4 is 17.4 Å². The molecule has 29 heavy (non-hydrogen) atoms. The van der Waals surface area contributed by atoms with Gasteiger partial charge in [-0.25, -0.2) is 4.39 Å². The van der Waals surface area contributed by atoms with E-state index in [1.165, 1.54) is 17.0 Å². The maximum Gasteiger partial charge on any atom is 0.295 e. The van der Waals surface area contributed by atoms with Gasteiger partial charge in [0.15, 0.2) is 0 Å². The molecule has 1 amide bonds. The third-order valence-corrected chi connectivity index (χ3v) is 5.38. The van der Waals surface area contributed by atoms with Crippen LogP contribution in [0.5, 0.6) is 0 Å². The fraction of sp³-hybridized carbons (Fsp3) is 0.333. The maximum atomic E-state index is 13.5. The van der Waals surface area contributed by atoms with Crippen molar-refractivity contribution in [2.24, 2.45) is 0 Å². The maximum absolute atomic E-state index is 13.5. The number of carbonyl (C=O) groups is 2. The van der Waals surface area contributed by atoms with Crippen LogP contribution in [-0.2, 0) is 9.59 Å². The first-order valence-corrected chi connectivity index (χ1v) is 9.96. The minimum atomic E-state index is -0.729. The van der Waals surface area contributed by atoms with Crippen LogP contribution in [0.2, 0.25) is 0 Å². The molecule has 4 nitrogen and oxygen atoms in total. The van der Waals surface area contributed by atoms with Gasteiger partial charge in [0.05, 0.1) is 11.6 Å². The van der Waals surface area contributed by atoms with Gasteiger partial charge >= 0.3 is 0 Å². The number of hydrogen-bond donors (Lipinski definition) is 1. The number of amides is 1. The molecule has 0 aliphatic carbocycles. The molecule has 1 aliphatic heterocycles. The molecule has 0 spiro atoms. The molecule has 0 bridgehead atoms. The summed E-state index contributed by atoms with van der Waals surface area (Å²) in [5.74, 6) is -1.90. The largest absolute Gasteiger partial charge is 0.507 e. The molecule has 1 aliphatic rings. The molecule has 152 valence electrons. The number of unbranched alkanes of at least 4 members (excludes halogenated alkanes) is 2. The van der Waals surface area contributed by atoms with Crippen molar-refractivity contribution in [3.63, 3.8) is 0 Å². The van der Waals surface area contributed by atoms with Crippen LogP contribution in [0, 0.1) is 19.7 Å². The number of carbonyl (C=O) groups excluding carboxylic acids is 2. The van der Waals surface area contributed by atoms with Crippen LogP contribution in [0.1, 0.15) is 54.5 Å². The zero-order valence-electron chi connectivity index (χ0n) is 17.0. The molecule has 2 aromatic carbocycles. The standard InChI is InChI=1S/C24H26FNO3/c1-4-5-6-13-26-21(17-9-11-18(25)12-10-17)20(23(28)24(26)29)22(27)19-14-15(2)7-8-16(19)3/h7-12,14,21,27H,4-6,13H2,1-3H3/b22-20+. The first-order chi connectivity index (χ1) is 13.8. The number of rotatable bonds is 6. The highest BCUT2D eigenvalue weighted by molar-refractivity contribution is 6.46. The van der Waals surface area contributed by atoms with E-state index in [4.69, 9.17) is 0 Å². The number of aryl methyl sites for hydroxylation is 2. The fourth-order valence-electron chi connectivity index (χ4n) is 3.77. The van der Waals surface area contributed by atoms with Crippen LogP contribution in [0.25, 0.3) is 5.76 Å². The smallest absolute Gasteiger partial charge is 0.295 e. The quantitative estimate of drug-likeness (QED) is 0.322. The molecule has 3 rings (SSSR count). The van der Waals surface area contributed by atoms with Crippen LogP contribution in [0.15, 0.2) is 48.0 Å². The summed E-state index contributed by atoms with van der Waals surface area (Å²) in [5, 5.41) is 11.1. The number of Topliss-reactive ketones (excluding diaryl/α,β-unsaturated/α-hetero) is 1. The molecule has 1 atom stereocenters. The minimum absolute atomic E-state index is 0.0619. The predicted octanol–water partition coefficient (Wildman–Crippen LogP) is 5.05. The van der Waals surface area contributed by atoms with Gasteiger partial charge in [-0.15, -0.1) is 0 Å². The van der Waals surface area contributed by atoms with Crippen LogP contribution in [0.3, 0.4) is 0 Å². The van der Waals surface area contributed by atoms with E-state index in [9.17, 15) is 19.1 Å². The summed E-state index contributed by atoms with van der Waals surface area (Å²) in [4.78, 5) is 27.2. The summed E-state index contributed by atoms with van der Waals surface area (Å²) >= 11 is 0. The zero-order valence-corrected chi connectivity index (χ0v) is 17.0. The Morgan fingerprint density at radius 3 is 2.41 bits per heavy atom. The van der Waals surface area contributed by atoms with Gasteiger partial charge in [-0.05, 0) is 49.6 Å². The third kappa shape index (κ3) is 4.09. The van der Waals surface area contributed by atoms with Crippen LogP contribution >= 0.6 is 0 Å². The number of halogens is 1. The van der Waals surface area contributed by atoms with E-state index in [0.29, 0.717) is 17.7 Å². The molecule has 5 heteroatoms. The molecule has 1 N–H and O–H groups in total. The van der Waals surface area contributed by atoms with Crippen molar-refractivity contribution in [3.05, 3.63) is 76.1 Å². The van der Waals surface area contributed by atoms with Crippen molar-refractivity contribution in [3.8, 4) is 0 Å². The Balaban J connectivity index is 2.16. The molecule has 1 unspecified atom stereocenters. The number of benzene rings is 2. The van der Waals surface area contributed by atoms with Gasteiger partial charge in [0.1, 0.15) is 11.6 Å². The van der Waals surface area contributed by atoms with E-state index in [1.54, 1.807) is 18.2 Å². The highest BCUT2D eigenvalue weighted by Gasteiger charge is 2.45. The van der Waals surface area contributed by atoms with E-state index in [1.807, 2.05) is 26.0 Å². The SMILES string of the molecule is CCCCCN1C(=O)C(=O)/C(=C(/O)c2cc(C)ccc2C)C1c1ccc(F)cc1. The van der Waals surface area contributed by atoms with Crippen molar-refractivity contribution in [2.45, 2.75) is 46.1 Å². The van der Waals surface area contributed by atoms with Crippen molar-refractivity contribution in [1.29, 1.82) is 0 Å². The molecule has 1 fully saturated rings. The Morgan fingerprint density at radius 1 is 1.07 bits per heavy atom. The monoisotopic (exact) mass is 395 g/mol. The highest BCUT2D eigenvalue weighted by Crippen LogP contribution is 2.40. The lowest BCUT2D eigenvalue weighted by atomic mass is 9.93. The average molecular weight is 395 g/mol. The number of likely N-dealkylation sites (tertiary alicyclic amines) is 1. The van der Waals surface area contributed by atoms with E-state index in [2.05, 4.69) is 6.92 Å². The summed E-state index contributed by atoms with van der Waals surface area (Å²) < 4.78 is 13.5. The van der Waals surface area contributed by atoms with Crippen LogP contribution < -0.4 is 0 Å². The summed E-state index contributed by atoms with van der Waals surface area (Å²) in [7, 11) is 0. The predicted molar refractivity (Wildman–Crippen MR) is 111 cm³/mol. The Labute approximate surface area is 170 Å². The Kier molecular flexibility index (Phi) is 6.16. The second kappa shape index (κ2) is 8.60. The average Bonchev–Trinajstić information content (AvgIpc) is 2.95. The van der Waals surface area contributed by atoms with E-state index in [-0.39, 0.29) is 11.3 Å². The summed E-state index contributed by atoms with van der Waals surface area (Å²) in [6.07, 6.45) is 2.66. The summed E-state index contributed by atoms with van der Waals surface area (Å²) in [5.41, 5.74) is 2.94. The number of ketones is 1. The molecule has 0 aromatic heterocycles. The number of aliphatic hydroxyl groups excluding tert-OH is 1. The van der Waals surface area contributed by atoms with Gasteiger partial charge in [-0.1, -0.05) is 49.6 Å². The molecule has 0 saturated carbocycles. The first-order valence-electron chi connectivity index (χ1n) is 9.96. The molecular formula is C24H26FNO3. The van der Waals surface area contributed by atoms with Crippen LogP contribution in [-0.4, -0.2) is 28.2 Å². The van der Waals surface area contributed by atoms with Crippen molar-refractivity contribution in [1.82, 2.24) is 4.90 Å². The Bertz CT molecular complexity index is 963. The topological polar surface area (TPSA) is 57.6 Å². The molecular weight excluding hydrogens is 369 g/mol. The summed E-state index contributed by atoms with van der Waals surface area (Å²) in [6, 6.07) is 10.6. The van der Waals surface area contributed by atoms with Crippen molar-refractivity contribution in [2.75, 3.05) is 6.54 Å². The Morgan fingerprint density at radius 2 is 1.76 bits per heavy atom. The van der Waals surface area contributed by atoms with E-state index < -0.39 is 23.5 Å². The highest BCUT2D eigenvalue weighted by atomic mass is 19.1.